The minimum Gasteiger partial charge on any atom is -0.373 e. The molecule has 0 aliphatic carbocycles. The van der Waals surface area contributed by atoms with Gasteiger partial charge in [0.2, 0.25) is 0 Å². The molecule has 7 heteroatoms. The van der Waals surface area contributed by atoms with E-state index in [2.05, 4.69) is 39.6 Å². The fourth-order valence-corrected chi connectivity index (χ4v) is 2.85. The van der Waals surface area contributed by atoms with Gasteiger partial charge in [-0.25, -0.2) is 14.7 Å². The number of rotatable bonds is 6. The molecule has 1 aliphatic rings. The highest BCUT2D eigenvalue weighted by molar-refractivity contribution is 5.79. The summed E-state index contributed by atoms with van der Waals surface area (Å²) in [5.41, 5.74) is 0.987. The maximum Gasteiger partial charge on any atom is 0.191 e. The molecule has 7 nitrogen and oxygen atoms in total. The average Bonchev–Trinajstić information content (AvgIpc) is 3.30. The van der Waals surface area contributed by atoms with Crippen LogP contribution in [0.5, 0.6) is 0 Å². The normalized spacial score (nSPS) is 20.6. The van der Waals surface area contributed by atoms with Crippen molar-refractivity contribution in [1.29, 1.82) is 0 Å². The Bertz CT molecular complexity index is 691. The standard InChI is InChI=1S/C18H26N6O/c1-3-19-17(22-14-18(2)7-4-11-25-18)21-13-15-6-9-20-16(12-15)24-10-5-8-23-24/h5-6,8-10,12H,3-4,7,11,13-14H2,1-2H3,(H2,19,21,22). The quantitative estimate of drug-likeness (QED) is 0.619. The summed E-state index contributed by atoms with van der Waals surface area (Å²) in [4.78, 5) is 9.03. The second kappa shape index (κ2) is 8.11. The summed E-state index contributed by atoms with van der Waals surface area (Å²) in [6.07, 6.45) is 7.61. The molecule has 0 saturated carbocycles. The van der Waals surface area contributed by atoms with Crippen molar-refractivity contribution >= 4 is 5.96 Å². The molecule has 1 fully saturated rings. The first-order valence-corrected chi connectivity index (χ1v) is 8.80. The lowest BCUT2D eigenvalue weighted by molar-refractivity contribution is 0.0243. The van der Waals surface area contributed by atoms with E-state index in [-0.39, 0.29) is 5.60 Å². The number of aromatic nitrogens is 3. The maximum absolute atomic E-state index is 5.83. The summed E-state index contributed by atoms with van der Waals surface area (Å²) >= 11 is 0. The summed E-state index contributed by atoms with van der Waals surface area (Å²) in [5, 5.41) is 10.9. The number of hydrogen-bond donors (Lipinski definition) is 2. The molecular weight excluding hydrogens is 316 g/mol. The second-order valence-corrected chi connectivity index (χ2v) is 6.42. The number of ether oxygens (including phenoxy) is 1. The van der Waals surface area contributed by atoms with Crippen LogP contribution in [-0.2, 0) is 11.3 Å². The molecule has 2 aromatic rings. The number of pyridine rings is 1. The van der Waals surface area contributed by atoms with Gasteiger partial charge in [0, 0.05) is 38.3 Å². The van der Waals surface area contributed by atoms with Crippen LogP contribution >= 0.6 is 0 Å². The Kier molecular flexibility index (Phi) is 5.65. The van der Waals surface area contributed by atoms with Crippen molar-refractivity contribution in [3.05, 3.63) is 42.4 Å². The lowest BCUT2D eigenvalue weighted by Crippen LogP contribution is -2.45. The molecular formula is C18H26N6O. The van der Waals surface area contributed by atoms with E-state index in [0.29, 0.717) is 6.54 Å². The van der Waals surface area contributed by atoms with Gasteiger partial charge < -0.3 is 15.4 Å². The van der Waals surface area contributed by atoms with Crippen molar-refractivity contribution in [3.63, 3.8) is 0 Å². The van der Waals surface area contributed by atoms with E-state index in [9.17, 15) is 0 Å². The van der Waals surface area contributed by atoms with E-state index in [0.717, 1.165) is 49.9 Å². The van der Waals surface area contributed by atoms with E-state index in [1.807, 2.05) is 24.4 Å². The highest BCUT2D eigenvalue weighted by Crippen LogP contribution is 2.23. The van der Waals surface area contributed by atoms with Gasteiger partial charge in [0.25, 0.3) is 0 Å². The molecule has 0 radical (unpaired) electrons. The molecule has 0 amide bonds. The van der Waals surface area contributed by atoms with Gasteiger partial charge in [-0.1, -0.05) is 0 Å². The van der Waals surface area contributed by atoms with Gasteiger partial charge in [0.05, 0.1) is 12.1 Å². The second-order valence-electron chi connectivity index (χ2n) is 6.42. The van der Waals surface area contributed by atoms with Crippen LogP contribution < -0.4 is 10.6 Å². The fraction of sp³-hybridized carbons (Fsp3) is 0.500. The molecule has 25 heavy (non-hydrogen) atoms. The van der Waals surface area contributed by atoms with E-state index < -0.39 is 0 Å². The molecule has 2 N–H and O–H groups in total. The lowest BCUT2D eigenvalue weighted by Gasteiger charge is -2.24. The van der Waals surface area contributed by atoms with Gasteiger partial charge in [0.15, 0.2) is 11.8 Å². The van der Waals surface area contributed by atoms with E-state index in [1.165, 1.54) is 0 Å². The first-order valence-electron chi connectivity index (χ1n) is 8.80. The molecule has 3 heterocycles. The molecule has 1 aliphatic heterocycles. The molecule has 0 aromatic carbocycles. The predicted octanol–water partition coefficient (Wildman–Crippen LogP) is 1.89. The highest BCUT2D eigenvalue weighted by atomic mass is 16.5. The molecule has 2 aromatic heterocycles. The predicted molar refractivity (Wildman–Crippen MR) is 97.8 cm³/mol. The van der Waals surface area contributed by atoms with Crippen molar-refractivity contribution in [2.45, 2.75) is 38.8 Å². The first kappa shape index (κ1) is 17.4. The van der Waals surface area contributed by atoms with Crippen LogP contribution in [0.3, 0.4) is 0 Å². The van der Waals surface area contributed by atoms with Crippen LogP contribution in [0.2, 0.25) is 0 Å². The molecule has 134 valence electrons. The van der Waals surface area contributed by atoms with Crippen LogP contribution in [0.1, 0.15) is 32.3 Å². The summed E-state index contributed by atoms with van der Waals surface area (Å²) < 4.78 is 7.57. The Morgan fingerprint density at radius 1 is 1.40 bits per heavy atom. The highest BCUT2D eigenvalue weighted by Gasteiger charge is 2.29. The van der Waals surface area contributed by atoms with Crippen LogP contribution in [0.25, 0.3) is 5.82 Å². The van der Waals surface area contributed by atoms with E-state index in [1.54, 1.807) is 17.1 Å². The third-order valence-corrected chi connectivity index (χ3v) is 4.24. The Labute approximate surface area is 148 Å². The fourth-order valence-electron chi connectivity index (χ4n) is 2.85. The van der Waals surface area contributed by atoms with Crippen molar-refractivity contribution in [2.24, 2.45) is 4.99 Å². The Balaban J connectivity index is 1.64. The summed E-state index contributed by atoms with van der Waals surface area (Å²) in [5.74, 6) is 1.60. The van der Waals surface area contributed by atoms with Gasteiger partial charge in [-0.2, -0.15) is 5.10 Å². The average molecular weight is 342 g/mol. The van der Waals surface area contributed by atoms with E-state index in [4.69, 9.17) is 4.74 Å². The SMILES string of the molecule is CCNC(=NCc1ccnc(-n2cccn2)c1)NCC1(C)CCCO1. The third kappa shape index (κ3) is 4.79. The summed E-state index contributed by atoms with van der Waals surface area (Å²) in [6.45, 7) is 7.21. The van der Waals surface area contributed by atoms with Gasteiger partial charge in [0.1, 0.15) is 0 Å². The smallest absolute Gasteiger partial charge is 0.191 e. The monoisotopic (exact) mass is 342 g/mol. The van der Waals surface area contributed by atoms with Gasteiger partial charge in [-0.3, -0.25) is 0 Å². The zero-order chi connectivity index (χ0) is 17.5. The van der Waals surface area contributed by atoms with Gasteiger partial charge >= 0.3 is 0 Å². The molecule has 1 saturated heterocycles. The van der Waals surface area contributed by atoms with E-state index >= 15 is 0 Å². The van der Waals surface area contributed by atoms with Crippen molar-refractivity contribution in [3.8, 4) is 5.82 Å². The van der Waals surface area contributed by atoms with Crippen molar-refractivity contribution in [2.75, 3.05) is 19.7 Å². The lowest BCUT2D eigenvalue weighted by atomic mass is 10.0. The maximum atomic E-state index is 5.83. The first-order chi connectivity index (χ1) is 12.2. The summed E-state index contributed by atoms with van der Waals surface area (Å²) in [7, 11) is 0. The molecule has 1 atom stereocenters. The summed E-state index contributed by atoms with van der Waals surface area (Å²) in [6, 6.07) is 5.86. The number of hydrogen-bond acceptors (Lipinski definition) is 4. The van der Waals surface area contributed by atoms with Crippen LogP contribution in [0, 0.1) is 0 Å². The number of nitrogens with one attached hydrogen (secondary N) is 2. The number of nitrogens with zero attached hydrogens (tertiary/aromatic N) is 4. The Hall–Kier alpha value is -2.41. The van der Waals surface area contributed by atoms with Crippen molar-refractivity contribution in [1.82, 2.24) is 25.4 Å². The van der Waals surface area contributed by atoms with Crippen LogP contribution in [0.4, 0.5) is 0 Å². The zero-order valence-corrected chi connectivity index (χ0v) is 14.9. The Morgan fingerprint density at radius 2 is 2.32 bits per heavy atom. The minimum atomic E-state index is -0.0971. The largest absolute Gasteiger partial charge is 0.373 e. The minimum absolute atomic E-state index is 0.0971. The van der Waals surface area contributed by atoms with Crippen molar-refractivity contribution < 1.29 is 4.74 Å². The van der Waals surface area contributed by atoms with Crippen LogP contribution in [0.15, 0.2) is 41.8 Å². The van der Waals surface area contributed by atoms with Gasteiger partial charge in [-0.15, -0.1) is 0 Å². The Morgan fingerprint density at radius 3 is 3.04 bits per heavy atom. The third-order valence-electron chi connectivity index (χ3n) is 4.24. The number of aliphatic imine (C=N–C) groups is 1. The molecule has 0 spiro atoms. The van der Waals surface area contributed by atoms with Gasteiger partial charge in [-0.05, 0) is 50.5 Å². The molecule has 0 bridgehead atoms. The molecule has 3 rings (SSSR count). The zero-order valence-electron chi connectivity index (χ0n) is 14.9. The van der Waals surface area contributed by atoms with Crippen LogP contribution in [-0.4, -0.2) is 46.0 Å². The molecule has 1 unspecified atom stereocenters. The topological polar surface area (TPSA) is 76.4 Å². The number of guanidine groups is 1.